The number of aromatic nitrogens is 3. The molecule has 2 heterocycles. The maximum Gasteiger partial charge on any atom is 0.164 e. The Morgan fingerprint density at radius 1 is 0.358 bits per heavy atom. The van der Waals surface area contributed by atoms with Crippen molar-refractivity contribution in [2.45, 2.75) is 0 Å². The van der Waals surface area contributed by atoms with Gasteiger partial charge in [0.1, 0.15) is 89.6 Å². The molecule has 8 aromatic rings. The molecule has 0 atom stereocenters. The van der Waals surface area contributed by atoms with Crippen molar-refractivity contribution in [2.24, 2.45) is 0 Å². The highest BCUT2D eigenvalue weighted by Gasteiger charge is 2.20. The van der Waals surface area contributed by atoms with Gasteiger partial charge in [-0.05, 0) is 46.5 Å². The molecule has 2 aromatic heterocycles. The molecule has 4 nitrogen and oxygen atoms in total. The summed E-state index contributed by atoms with van der Waals surface area (Å²) in [5, 5.41) is 2.04. The summed E-state index contributed by atoms with van der Waals surface area (Å²) < 4.78 is 6.61. The van der Waals surface area contributed by atoms with Gasteiger partial charge in [0.05, 0.1) is 0 Å². The van der Waals surface area contributed by atoms with Crippen molar-refractivity contribution in [1.82, 2.24) is 15.0 Å². The maximum absolute atomic E-state index is 6.61. The second-order valence-corrected chi connectivity index (χ2v) is 14.7. The van der Waals surface area contributed by atoms with Crippen LogP contribution in [0.3, 0.4) is 0 Å². The van der Waals surface area contributed by atoms with E-state index in [-0.39, 0.29) is 0 Å². The van der Waals surface area contributed by atoms with E-state index in [2.05, 4.69) is 139 Å². The van der Waals surface area contributed by atoms with Crippen LogP contribution in [0.25, 0.3) is 78.4 Å². The molecule has 8 rings (SSSR count). The Bertz CT molecular complexity index is 2750. The van der Waals surface area contributed by atoms with Crippen LogP contribution in [0.5, 0.6) is 0 Å². The maximum atomic E-state index is 6.61. The van der Waals surface area contributed by atoms with Crippen LogP contribution < -0.4 is 54.6 Å². The second kappa shape index (κ2) is 13.3. The van der Waals surface area contributed by atoms with E-state index in [0.29, 0.717) is 17.5 Å². The van der Waals surface area contributed by atoms with E-state index in [9.17, 15) is 0 Å². The third-order valence-electron chi connectivity index (χ3n) is 12.1. The van der Waals surface area contributed by atoms with Crippen LogP contribution in [0.15, 0.2) is 95.4 Å². The molecular formula is C39H35B10N3O. The average Bonchev–Trinajstić information content (AvgIpc) is 3.56. The van der Waals surface area contributed by atoms with Crippen LogP contribution in [0, 0.1) is 0 Å². The summed E-state index contributed by atoms with van der Waals surface area (Å²) in [6.45, 7) is 0. The molecule has 53 heavy (non-hydrogen) atoms. The third-order valence-corrected chi connectivity index (χ3v) is 12.1. The summed E-state index contributed by atoms with van der Waals surface area (Å²) in [7, 11) is 22.3. The lowest BCUT2D eigenvalue weighted by Crippen LogP contribution is -2.55. The summed E-state index contributed by atoms with van der Waals surface area (Å²) in [6.07, 6.45) is 0. The predicted molar refractivity (Wildman–Crippen MR) is 256 cm³/mol. The fourth-order valence-electron chi connectivity index (χ4n) is 8.19. The topological polar surface area (TPSA) is 51.8 Å². The monoisotopic (exact) mass is 671 g/mol. The quantitative estimate of drug-likeness (QED) is 0.171. The number of nitrogens with zero attached hydrogens (tertiary/aromatic N) is 3. The minimum absolute atomic E-state index is 0.613. The second-order valence-electron chi connectivity index (χ2n) is 14.7. The first kappa shape index (κ1) is 34.8. The fourth-order valence-corrected chi connectivity index (χ4v) is 8.19. The van der Waals surface area contributed by atoms with E-state index in [4.69, 9.17) is 19.4 Å². The normalized spacial score (nSPS) is 11.4. The summed E-state index contributed by atoms with van der Waals surface area (Å²) >= 11 is 0. The van der Waals surface area contributed by atoms with Crippen LogP contribution >= 0.6 is 0 Å². The molecule has 0 fully saturated rings. The molecule has 6 aromatic carbocycles. The molecule has 0 saturated carbocycles. The minimum atomic E-state index is 0.613. The van der Waals surface area contributed by atoms with Gasteiger partial charge in [0.2, 0.25) is 0 Å². The van der Waals surface area contributed by atoms with Crippen molar-refractivity contribution in [2.75, 3.05) is 0 Å². The van der Waals surface area contributed by atoms with Crippen molar-refractivity contribution in [3.63, 3.8) is 0 Å². The van der Waals surface area contributed by atoms with Crippen LogP contribution in [0.4, 0.5) is 0 Å². The Labute approximate surface area is 320 Å². The van der Waals surface area contributed by atoms with E-state index >= 15 is 0 Å². The van der Waals surface area contributed by atoms with Gasteiger partial charge in [-0.15, -0.1) is 32.8 Å². The molecule has 0 saturated heterocycles. The number of furan rings is 1. The van der Waals surface area contributed by atoms with Gasteiger partial charge in [-0.1, -0.05) is 88.6 Å². The van der Waals surface area contributed by atoms with Gasteiger partial charge < -0.3 is 4.42 Å². The van der Waals surface area contributed by atoms with Crippen molar-refractivity contribution >= 4 is 155 Å². The van der Waals surface area contributed by atoms with E-state index in [0.717, 1.165) is 49.8 Å². The van der Waals surface area contributed by atoms with Gasteiger partial charge in [0.25, 0.3) is 0 Å². The number of rotatable bonds is 5. The summed E-state index contributed by atoms with van der Waals surface area (Å²) in [5.74, 6) is 1.88. The number of hydrogen-bond donors (Lipinski definition) is 0. The molecule has 0 aliphatic heterocycles. The van der Waals surface area contributed by atoms with E-state index in [1.54, 1.807) is 0 Å². The SMILES string of the molecule is Bc1c(B)c(B)c(-c2cccc(-c3nc(-c4ccccc4)nc(-c4cccc5oc6cc(-c7c(B)c(B)c(B)c(B)c7B)ccc6c45)n3)c2)c(B)c1B. The predicted octanol–water partition coefficient (Wildman–Crippen LogP) is -7.31. The van der Waals surface area contributed by atoms with Gasteiger partial charge in [-0.25, -0.2) is 15.0 Å². The molecular weight excluding hydrogens is 635 g/mol. The lowest BCUT2D eigenvalue weighted by Gasteiger charge is -2.20. The van der Waals surface area contributed by atoms with Gasteiger partial charge in [0, 0.05) is 27.5 Å². The molecule has 0 bridgehead atoms. The molecule has 0 unspecified atom stereocenters. The van der Waals surface area contributed by atoms with Crippen LogP contribution in [0.1, 0.15) is 0 Å². The van der Waals surface area contributed by atoms with Crippen molar-refractivity contribution in [1.29, 1.82) is 0 Å². The molecule has 14 heteroatoms. The summed E-state index contributed by atoms with van der Waals surface area (Å²) in [6, 6.07) is 31.6. The van der Waals surface area contributed by atoms with Crippen LogP contribution in [-0.4, -0.2) is 93.4 Å². The minimum Gasteiger partial charge on any atom is -0.456 e. The zero-order valence-corrected chi connectivity index (χ0v) is 32.4. The molecule has 242 valence electrons. The Morgan fingerprint density at radius 2 is 0.830 bits per heavy atom. The van der Waals surface area contributed by atoms with Crippen LogP contribution in [0.2, 0.25) is 0 Å². The average molecular weight is 670 g/mol. The van der Waals surface area contributed by atoms with E-state index < -0.39 is 0 Å². The molecule has 0 radical (unpaired) electrons. The smallest absolute Gasteiger partial charge is 0.164 e. The zero-order chi connectivity index (χ0) is 37.3. The molecule has 0 spiro atoms. The Morgan fingerprint density at radius 3 is 1.43 bits per heavy atom. The van der Waals surface area contributed by atoms with Crippen molar-refractivity contribution < 1.29 is 4.42 Å². The van der Waals surface area contributed by atoms with Gasteiger partial charge in [-0.2, -0.15) is 0 Å². The fraction of sp³-hybridized carbons (Fsp3) is 0. The molecule has 0 aliphatic rings. The Balaban J connectivity index is 1.32. The lowest BCUT2D eigenvalue weighted by molar-refractivity contribution is 0.669. The highest BCUT2D eigenvalue weighted by molar-refractivity contribution is 6.70. The molecule has 0 N–H and O–H groups in total. The first-order valence-electron chi connectivity index (χ1n) is 18.5. The van der Waals surface area contributed by atoms with Crippen molar-refractivity contribution in [3.8, 4) is 56.4 Å². The molecule has 0 aliphatic carbocycles. The van der Waals surface area contributed by atoms with Gasteiger partial charge >= 0.3 is 0 Å². The first-order chi connectivity index (χ1) is 25.4. The number of fused-ring (bicyclic) bond motifs is 3. The largest absolute Gasteiger partial charge is 0.456 e. The van der Waals surface area contributed by atoms with Gasteiger partial charge in [-0.3, -0.25) is 0 Å². The van der Waals surface area contributed by atoms with Crippen molar-refractivity contribution in [3.05, 3.63) is 91.0 Å². The highest BCUT2D eigenvalue weighted by Crippen LogP contribution is 2.38. The summed E-state index contributed by atoms with van der Waals surface area (Å²) in [4.78, 5) is 15.4. The molecule has 0 amide bonds. The number of benzene rings is 6. The highest BCUT2D eigenvalue weighted by atomic mass is 16.3. The van der Waals surface area contributed by atoms with Gasteiger partial charge in [0.15, 0.2) is 17.5 Å². The van der Waals surface area contributed by atoms with E-state index in [1.165, 1.54) is 65.8 Å². The third kappa shape index (κ3) is 5.74. The summed E-state index contributed by atoms with van der Waals surface area (Å²) in [5.41, 5.74) is 22.7. The Kier molecular flexibility index (Phi) is 8.76. The standard InChI is InChI=1S/C39H35B10N3O/c40-27-24(28(41)32(45)35(48)31(27)44)17-8-4-9-19(14-17)38-50-37(16-6-2-1-3-7-16)51-39(52-38)21-10-5-11-22-26(21)20-13-12-18(15-23(20)53-22)25-29(42)33(46)36(49)34(47)30(25)43/h1-15H,40-49H2. The number of hydrogen-bond acceptors (Lipinski definition) is 4. The Hall–Kier alpha value is -5.22. The zero-order valence-electron chi connectivity index (χ0n) is 32.4. The lowest BCUT2D eigenvalue weighted by atomic mass is 9.59. The van der Waals surface area contributed by atoms with Crippen LogP contribution in [-0.2, 0) is 0 Å². The van der Waals surface area contributed by atoms with E-state index in [1.807, 2.05) is 30.3 Å². The first-order valence-corrected chi connectivity index (χ1v) is 18.5.